The molecule has 0 saturated carbocycles. The first kappa shape index (κ1) is 20.4. The third-order valence-corrected chi connectivity index (χ3v) is 5.78. The number of sulfonamides is 1. The molecule has 0 bridgehead atoms. The quantitative estimate of drug-likeness (QED) is 0.665. The minimum absolute atomic E-state index is 0.0911. The van der Waals surface area contributed by atoms with Crippen molar-refractivity contribution in [3.05, 3.63) is 23.3 Å². The van der Waals surface area contributed by atoms with E-state index in [0.29, 0.717) is 28.2 Å². The van der Waals surface area contributed by atoms with E-state index in [9.17, 15) is 13.2 Å². The van der Waals surface area contributed by atoms with Gasteiger partial charge in [0, 0.05) is 20.6 Å². The topological polar surface area (TPSA) is 84.9 Å². The largest absolute Gasteiger partial charge is 0.497 e. The predicted octanol–water partition coefficient (Wildman–Crippen LogP) is 0.949. The highest BCUT2D eigenvalue weighted by molar-refractivity contribution is 7.89. The predicted molar refractivity (Wildman–Crippen MR) is 91.8 cm³/mol. The van der Waals surface area contributed by atoms with Gasteiger partial charge in [0.1, 0.15) is 12.4 Å². The molecule has 0 aliphatic heterocycles. The molecule has 1 aromatic carbocycles. The number of carbonyl (C=O) groups excluding carboxylic acids is 1. The molecule has 0 heterocycles. The molecule has 1 rings (SSSR count). The molecule has 0 aromatic heterocycles. The van der Waals surface area contributed by atoms with Crippen LogP contribution in [-0.4, -0.2) is 59.6 Å². The average molecular weight is 358 g/mol. The van der Waals surface area contributed by atoms with Gasteiger partial charge in [0.25, 0.3) is 0 Å². The number of benzene rings is 1. The Kier molecular flexibility index (Phi) is 7.65. The highest BCUT2D eigenvalue weighted by Crippen LogP contribution is 2.28. The molecule has 0 aliphatic carbocycles. The van der Waals surface area contributed by atoms with Gasteiger partial charge < -0.3 is 14.8 Å². The highest BCUT2D eigenvalue weighted by atomic mass is 32.2. The van der Waals surface area contributed by atoms with Gasteiger partial charge in [0.05, 0.1) is 18.6 Å². The number of hydrogen-bond donors (Lipinski definition) is 1. The maximum atomic E-state index is 12.9. The fourth-order valence-electron chi connectivity index (χ4n) is 2.27. The normalized spacial score (nSPS) is 11.6. The molecule has 136 valence electrons. The molecule has 1 N–H and O–H groups in total. The number of ether oxygens (including phenoxy) is 2. The molecule has 0 atom stereocenters. The van der Waals surface area contributed by atoms with Crippen LogP contribution in [-0.2, 0) is 26.0 Å². The van der Waals surface area contributed by atoms with Crippen LogP contribution in [0.3, 0.4) is 0 Å². The van der Waals surface area contributed by atoms with Crippen LogP contribution >= 0.6 is 0 Å². The summed E-state index contributed by atoms with van der Waals surface area (Å²) < 4.78 is 37.4. The van der Waals surface area contributed by atoms with E-state index in [1.807, 2.05) is 6.92 Å². The van der Waals surface area contributed by atoms with Crippen molar-refractivity contribution in [2.75, 3.05) is 41.0 Å². The molecular formula is C16H26N2O5S. The summed E-state index contributed by atoms with van der Waals surface area (Å²) in [5.41, 5.74) is 1.36. The summed E-state index contributed by atoms with van der Waals surface area (Å²) in [6.07, 6.45) is 0.577. The first-order valence-corrected chi connectivity index (χ1v) is 9.14. The van der Waals surface area contributed by atoms with Gasteiger partial charge >= 0.3 is 0 Å². The maximum absolute atomic E-state index is 12.9. The molecule has 24 heavy (non-hydrogen) atoms. The van der Waals surface area contributed by atoms with E-state index in [1.165, 1.54) is 18.4 Å². The Morgan fingerprint density at radius 1 is 1.33 bits per heavy atom. The van der Waals surface area contributed by atoms with Gasteiger partial charge in [-0.15, -0.1) is 0 Å². The van der Waals surface area contributed by atoms with Gasteiger partial charge in [0.2, 0.25) is 15.9 Å². The average Bonchev–Trinajstić information content (AvgIpc) is 2.56. The van der Waals surface area contributed by atoms with Crippen molar-refractivity contribution in [1.82, 2.24) is 9.62 Å². The van der Waals surface area contributed by atoms with E-state index in [1.54, 1.807) is 26.2 Å². The fraction of sp³-hybridized carbons (Fsp3) is 0.562. The van der Waals surface area contributed by atoms with Crippen LogP contribution in [0.25, 0.3) is 0 Å². The number of aryl methyl sites for hydroxylation is 2. The summed E-state index contributed by atoms with van der Waals surface area (Å²) in [6, 6.07) is 3.46. The molecule has 0 spiro atoms. The van der Waals surface area contributed by atoms with E-state index in [2.05, 4.69) is 5.32 Å². The van der Waals surface area contributed by atoms with Gasteiger partial charge in [-0.2, -0.15) is 4.31 Å². The van der Waals surface area contributed by atoms with Crippen molar-refractivity contribution >= 4 is 15.9 Å². The Balaban J connectivity index is 2.93. The summed E-state index contributed by atoms with van der Waals surface area (Å²) in [5.74, 6) is 0.389. The zero-order valence-electron chi connectivity index (χ0n) is 14.9. The van der Waals surface area contributed by atoms with Crippen molar-refractivity contribution in [3.63, 3.8) is 0 Å². The van der Waals surface area contributed by atoms with E-state index in [-0.39, 0.29) is 25.7 Å². The maximum Gasteiger partial charge on any atom is 0.245 e. The van der Waals surface area contributed by atoms with E-state index < -0.39 is 10.0 Å². The molecule has 8 heteroatoms. The standard InChI is InChI=1S/C16H26N2O5S/c1-6-13-10-14(22-5)9-12(2)16(13)24(20,21)18(4)7-8-23-11-15(19)17-3/h9-10H,6-8,11H2,1-5H3,(H,17,19). The van der Waals surface area contributed by atoms with Crippen LogP contribution in [0.5, 0.6) is 5.75 Å². The van der Waals surface area contributed by atoms with E-state index in [0.717, 1.165) is 0 Å². The summed E-state index contributed by atoms with van der Waals surface area (Å²) in [5, 5.41) is 2.43. The smallest absolute Gasteiger partial charge is 0.245 e. The first-order valence-electron chi connectivity index (χ1n) is 7.70. The minimum atomic E-state index is -3.65. The Hall–Kier alpha value is -1.64. The van der Waals surface area contributed by atoms with E-state index in [4.69, 9.17) is 9.47 Å². The first-order chi connectivity index (χ1) is 11.3. The lowest BCUT2D eigenvalue weighted by molar-refractivity contribution is -0.125. The van der Waals surface area contributed by atoms with Crippen LogP contribution in [0, 0.1) is 6.92 Å². The monoisotopic (exact) mass is 358 g/mol. The summed E-state index contributed by atoms with van der Waals surface area (Å²) in [6.45, 7) is 3.87. The number of methoxy groups -OCH3 is 1. The Morgan fingerprint density at radius 3 is 2.54 bits per heavy atom. The summed E-state index contributed by atoms with van der Waals surface area (Å²) in [7, 11) is 0.924. The Labute approximate surface area is 144 Å². The SMILES string of the molecule is CCc1cc(OC)cc(C)c1S(=O)(=O)N(C)CCOCC(=O)NC. The van der Waals surface area contributed by atoms with Crippen molar-refractivity contribution in [2.24, 2.45) is 0 Å². The summed E-state index contributed by atoms with van der Waals surface area (Å²) in [4.78, 5) is 11.4. The van der Waals surface area contributed by atoms with Crippen LogP contribution in [0.1, 0.15) is 18.1 Å². The second-order valence-corrected chi connectivity index (χ2v) is 7.32. The molecular weight excluding hydrogens is 332 g/mol. The van der Waals surface area contributed by atoms with Gasteiger partial charge in [-0.3, -0.25) is 4.79 Å². The fourth-order valence-corrected chi connectivity index (χ4v) is 3.89. The van der Waals surface area contributed by atoms with Crippen molar-refractivity contribution in [3.8, 4) is 5.75 Å². The van der Waals surface area contributed by atoms with Crippen molar-refractivity contribution in [2.45, 2.75) is 25.2 Å². The lowest BCUT2D eigenvalue weighted by Gasteiger charge is -2.21. The summed E-state index contributed by atoms with van der Waals surface area (Å²) >= 11 is 0. The van der Waals surface area contributed by atoms with Gasteiger partial charge in [0.15, 0.2) is 0 Å². The van der Waals surface area contributed by atoms with E-state index >= 15 is 0 Å². The molecule has 7 nitrogen and oxygen atoms in total. The molecule has 0 unspecified atom stereocenters. The number of rotatable bonds is 9. The second kappa shape index (κ2) is 9.00. The zero-order chi connectivity index (χ0) is 18.3. The Bertz CT molecular complexity index is 673. The van der Waals surface area contributed by atoms with Crippen LogP contribution in [0.4, 0.5) is 0 Å². The van der Waals surface area contributed by atoms with Gasteiger partial charge in [-0.1, -0.05) is 6.92 Å². The van der Waals surface area contributed by atoms with Gasteiger partial charge in [-0.05, 0) is 36.6 Å². The number of likely N-dealkylation sites (N-methyl/N-ethyl adjacent to an activating group) is 2. The number of amides is 1. The lowest BCUT2D eigenvalue weighted by atomic mass is 10.1. The Morgan fingerprint density at radius 2 is 2.00 bits per heavy atom. The number of nitrogens with one attached hydrogen (secondary N) is 1. The molecule has 0 fully saturated rings. The van der Waals surface area contributed by atoms with Crippen LogP contribution < -0.4 is 10.1 Å². The third kappa shape index (κ3) is 4.93. The molecule has 0 saturated heterocycles. The number of carbonyl (C=O) groups is 1. The van der Waals surface area contributed by atoms with Crippen LogP contribution in [0.2, 0.25) is 0 Å². The van der Waals surface area contributed by atoms with Crippen molar-refractivity contribution in [1.29, 1.82) is 0 Å². The molecule has 0 radical (unpaired) electrons. The van der Waals surface area contributed by atoms with Gasteiger partial charge in [-0.25, -0.2) is 8.42 Å². The second-order valence-electron chi connectivity index (χ2n) is 5.34. The minimum Gasteiger partial charge on any atom is -0.497 e. The lowest BCUT2D eigenvalue weighted by Crippen LogP contribution is -2.32. The van der Waals surface area contributed by atoms with Crippen LogP contribution in [0.15, 0.2) is 17.0 Å². The number of hydrogen-bond acceptors (Lipinski definition) is 5. The third-order valence-electron chi connectivity index (χ3n) is 3.67. The zero-order valence-corrected chi connectivity index (χ0v) is 15.7. The highest BCUT2D eigenvalue weighted by Gasteiger charge is 2.26. The van der Waals surface area contributed by atoms with Crippen molar-refractivity contribution < 1.29 is 22.7 Å². The molecule has 1 aromatic rings. The molecule has 0 aliphatic rings. The number of nitrogens with zero attached hydrogens (tertiary/aromatic N) is 1. The molecule has 1 amide bonds.